The molecule has 1 amide bonds. The van der Waals surface area contributed by atoms with E-state index in [-0.39, 0.29) is 11.3 Å². The third kappa shape index (κ3) is 3.78. The van der Waals surface area contributed by atoms with E-state index in [1.807, 2.05) is 19.0 Å². The lowest BCUT2D eigenvalue weighted by atomic mass is 9.95. The van der Waals surface area contributed by atoms with Crippen molar-refractivity contribution < 1.29 is 23.5 Å². The average molecular weight is 372 g/mol. The number of nitrogens with zero attached hydrogens (tertiary/aromatic N) is 2. The molecule has 0 unspecified atom stereocenters. The Morgan fingerprint density at radius 3 is 2.56 bits per heavy atom. The summed E-state index contributed by atoms with van der Waals surface area (Å²) in [7, 11) is 3.84. The minimum absolute atomic E-state index is 0.0339. The molecule has 0 radical (unpaired) electrons. The highest BCUT2D eigenvalue weighted by atomic mass is 19.1. The van der Waals surface area contributed by atoms with Crippen LogP contribution in [0.2, 0.25) is 0 Å². The van der Waals surface area contributed by atoms with Gasteiger partial charge < -0.3 is 19.3 Å². The number of hydrogen-bond donors (Lipinski definition) is 1. The average Bonchev–Trinajstić information content (AvgIpc) is 3.25. The number of furan rings is 1. The van der Waals surface area contributed by atoms with Crippen molar-refractivity contribution >= 4 is 11.7 Å². The molecule has 27 heavy (non-hydrogen) atoms. The molecular formula is C20H21FN2O4. The van der Waals surface area contributed by atoms with Gasteiger partial charge in [-0.1, -0.05) is 12.1 Å². The molecule has 3 rings (SSSR count). The Bertz CT molecular complexity index is 857. The normalized spacial score (nSPS) is 17.3. The maximum atomic E-state index is 13.4. The summed E-state index contributed by atoms with van der Waals surface area (Å²) in [6, 6.07) is 7.80. The molecule has 2 aromatic rings. The summed E-state index contributed by atoms with van der Waals surface area (Å²) in [5, 5.41) is 10.4. The number of halogens is 1. The van der Waals surface area contributed by atoms with Crippen LogP contribution in [0.25, 0.3) is 0 Å². The molecule has 1 aromatic carbocycles. The standard InChI is InChI=1S/C20H21FN2O4/c1-22(2)10-4-11-23-17(13-6-8-14(21)9-7-13)16(19(25)20(23)26)18(24)15-5-3-12-27-15/h3,5-9,12,17,25H,4,10-11H2,1-2H3/t17-/m0/s1. The number of aliphatic hydroxyl groups excluding tert-OH is 1. The predicted molar refractivity (Wildman–Crippen MR) is 96.7 cm³/mol. The van der Waals surface area contributed by atoms with Gasteiger partial charge >= 0.3 is 0 Å². The van der Waals surface area contributed by atoms with Gasteiger partial charge in [0.1, 0.15) is 5.82 Å². The largest absolute Gasteiger partial charge is 0.503 e. The quantitative estimate of drug-likeness (QED) is 0.757. The first kappa shape index (κ1) is 18.8. The number of aliphatic hydroxyl groups is 1. The van der Waals surface area contributed by atoms with Crippen LogP contribution in [0.3, 0.4) is 0 Å². The minimum atomic E-state index is -0.794. The molecule has 0 aliphatic carbocycles. The number of Topliss-reactive ketones (excluding diaryl/α,β-unsaturated/α-hetero) is 1. The Kier molecular flexibility index (Phi) is 5.41. The lowest BCUT2D eigenvalue weighted by Gasteiger charge is -2.27. The summed E-state index contributed by atoms with van der Waals surface area (Å²) in [5.74, 6) is -2.15. The van der Waals surface area contributed by atoms with Crippen LogP contribution in [0.15, 0.2) is 58.4 Å². The SMILES string of the molecule is CN(C)CCCN1C(=O)C(O)=C(C(=O)c2ccco2)[C@@H]1c1ccc(F)cc1. The van der Waals surface area contributed by atoms with Crippen LogP contribution in [0.4, 0.5) is 4.39 Å². The fourth-order valence-corrected chi connectivity index (χ4v) is 3.21. The molecule has 142 valence electrons. The number of benzene rings is 1. The highest BCUT2D eigenvalue weighted by Gasteiger charge is 2.44. The Morgan fingerprint density at radius 2 is 1.96 bits per heavy atom. The summed E-state index contributed by atoms with van der Waals surface area (Å²) < 4.78 is 18.5. The van der Waals surface area contributed by atoms with Crippen molar-refractivity contribution in [1.29, 1.82) is 0 Å². The van der Waals surface area contributed by atoms with Gasteiger partial charge in [-0.25, -0.2) is 4.39 Å². The third-order valence-electron chi connectivity index (χ3n) is 4.48. The molecule has 0 saturated heterocycles. The highest BCUT2D eigenvalue weighted by molar-refractivity contribution is 6.14. The number of carbonyl (C=O) groups excluding carboxylic acids is 2. The van der Waals surface area contributed by atoms with Crippen LogP contribution < -0.4 is 0 Å². The summed E-state index contributed by atoms with van der Waals surface area (Å²) in [6.07, 6.45) is 2.01. The van der Waals surface area contributed by atoms with E-state index in [4.69, 9.17) is 4.42 Å². The Labute approximate surface area is 156 Å². The number of ketones is 1. The summed E-state index contributed by atoms with van der Waals surface area (Å²) in [5.41, 5.74) is 0.500. The zero-order chi connectivity index (χ0) is 19.6. The van der Waals surface area contributed by atoms with Crippen LogP contribution in [-0.2, 0) is 4.79 Å². The Hall–Kier alpha value is -2.93. The molecule has 0 saturated carbocycles. The second kappa shape index (κ2) is 7.75. The van der Waals surface area contributed by atoms with E-state index in [0.29, 0.717) is 18.5 Å². The van der Waals surface area contributed by atoms with Crippen molar-refractivity contribution in [2.24, 2.45) is 0 Å². The Morgan fingerprint density at radius 1 is 1.26 bits per heavy atom. The smallest absolute Gasteiger partial charge is 0.290 e. The van der Waals surface area contributed by atoms with Crippen LogP contribution in [0.1, 0.15) is 28.6 Å². The molecule has 1 aromatic heterocycles. The molecule has 1 aliphatic heterocycles. The summed E-state index contributed by atoms with van der Waals surface area (Å²) in [4.78, 5) is 29.0. The first-order chi connectivity index (χ1) is 12.9. The van der Waals surface area contributed by atoms with Gasteiger partial charge in [0.15, 0.2) is 11.5 Å². The van der Waals surface area contributed by atoms with Gasteiger partial charge in [0.2, 0.25) is 5.78 Å². The molecule has 7 heteroatoms. The number of rotatable bonds is 7. The van der Waals surface area contributed by atoms with Crippen molar-refractivity contribution in [3.8, 4) is 0 Å². The van der Waals surface area contributed by atoms with Crippen molar-refractivity contribution in [3.63, 3.8) is 0 Å². The lowest BCUT2D eigenvalue weighted by molar-refractivity contribution is -0.129. The third-order valence-corrected chi connectivity index (χ3v) is 4.48. The van der Waals surface area contributed by atoms with Crippen molar-refractivity contribution in [3.05, 3.63) is 71.1 Å². The number of hydrogen-bond acceptors (Lipinski definition) is 5. The zero-order valence-electron chi connectivity index (χ0n) is 15.2. The fraction of sp³-hybridized carbons (Fsp3) is 0.300. The first-order valence-corrected chi connectivity index (χ1v) is 8.62. The van der Waals surface area contributed by atoms with Crippen molar-refractivity contribution in [2.45, 2.75) is 12.5 Å². The van der Waals surface area contributed by atoms with Gasteiger partial charge in [-0.05, 0) is 56.9 Å². The van der Waals surface area contributed by atoms with E-state index in [1.165, 1.54) is 41.5 Å². The monoisotopic (exact) mass is 372 g/mol. The first-order valence-electron chi connectivity index (χ1n) is 8.62. The molecule has 1 atom stereocenters. The van der Waals surface area contributed by atoms with E-state index in [1.54, 1.807) is 6.07 Å². The highest BCUT2D eigenvalue weighted by Crippen LogP contribution is 2.39. The summed E-state index contributed by atoms with van der Waals surface area (Å²) >= 11 is 0. The van der Waals surface area contributed by atoms with E-state index in [9.17, 15) is 19.1 Å². The molecule has 0 fully saturated rings. The van der Waals surface area contributed by atoms with Crippen LogP contribution >= 0.6 is 0 Å². The molecule has 0 bridgehead atoms. The van der Waals surface area contributed by atoms with Crippen molar-refractivity contribution in [1.82, 2.24) is 9.80 Å². The lowest BCUT2D eigenvalue weighted by Crippen LogP contribution is -2.33. The molecule has 1 aliphatic rings. The second-order valence-corrected chi connectivity index (χ2v) is 6.68. The maximum Gasteiger partial charge on any atom is 0.290 e. The number of amides is 1. The summed E-state index contributed by atoms with van der Waals surface area (Å²) in [6.45, 7) is 1.08. The van der Waals surface area contributed by atoms with Gasteiger partial charge in [-0.2, -0.15) is 0 Å². The predicted octanol–water partition coefficient (Wildman–Crippen LogP) is 2.95. The van der Waals surface area contributed by atoms with Crippen LogP contribution in [0, 0.1) is 5.82 Å². The van der Waals surface area contributed by atoms with Crippen molar-refractivity contribution in [2.75, 3.05) is 27.2 Å². The van der Waals surface area contributed by atoms with Gasteiger partial charge in [0.05, 0.1) is 17.9 Å². The van der Waals surface area contributed by atoms with E-state index >= 15 is 0 Å². The molecule has 2 heterocycles. The fourth-order valence-electron chi connectivity index (χ4n) is 3.21. The van der Waals surface area contributed by atoms with E-state index in [2.05, 4.69) is 0 Å². The zero-order valence-corrected chi connectivity index (χ0v) is 15.2. The van der Waals surface area contributed by atoms with E-state index < -0.39 is 29.3 Å². The maximum absolute atomic E-state index is 13.4. The molecular weight excluding hydrogens is 351 g/mol. The van der Waals surface area contributed by atoms with Gasteiger partial charge in [-0.15, -0.1) is 0 Å². The Balaban J connectivity index is 1.99. The number of carbonyl (C=O) groups is 2. The topological polar surface area (TPSA) is 74.0 Å². The van der Waals surface area contributed by atoms with E-state index in [0.717, 1.165) is 6.54 Å². The van der Waals surface area contributed by atoms with Gasteiger partial charge in [0.25, 0.3) is 5.91 Å². The minimum Gasteiger partial charge on any atom is -0.503 e. The van der Waals surface area contributed by atoms with Crippen LogP contribution in [-0.4, -0.2) is 53.8 Å². The van der Waals surface area contributed by atoms with Gasteiger partial charge in [-0.3, -0.25) is 9.59 Å². The second-order valence-electron chi connectivity index (χ2n) is 6.68. The van der Waals surface area contributed by atoms with Crippen LogP contribution in [0.5, 0.6) is 0 Å². The molecule has 1 N–H and O–H groups in total. The molecule has 6 nitrogen and oxygen atoms in total. The van der Waals surface area contributed by atoms with Gasteiger partial charge in [0, 0.05) is 6.54 Å². The molecule has 0 spiro atoms.